The minimum absolute atomic E-state index is 0.00776. The van der Waals surface area contributed by atoms with Crippen molar-refractivity contribution < 1.29 is 4.39 Å². The van der Waals surface area contributed by atoms with Crippen LogP contribution in [-0.4, -0.2) is 29.6 Å². The minimum Gasteiger partial charge on any atom is -0.310 e. The lowest BCUT2D eigenvalue weighted by Gasteiger charge is -2.49. The van der Waals surface area contributed by atoms with E-state index in [9.17, 15) is 4.39 Å². The number of hydrogen-bond donors (Lipinski definition) is 1. The summed E-state index contributed by atoms with van der Waals surface area (Å²) in [5.74, 6) is -0.218. The molecule has 1 unspecified atom stereocenters. The molecule has 1 saturated heterocycles. The Morgan fingerprint density at radius 1 is 1.38 bits per heavy atom. The molecule has 21 heavy (non-hydrogen) atoms. The monoisotopic (exact) mass is 312 g/mol. The first kappa shape index (κ1) is 16.7. The molecule has 1 atom stereocenters. The van der Waals surface area contributed by atoms with Gasteiger partial charge in [0, 0.05) is 41.8 Å². The van der Waals surface area contributed by atoms with Gasteiger partial charge in [0.25, 0.3) is 0 Å². The third-order valence-electron chi connectivity index (χ3n) is 4.46. The Morgan fingerprint density at radius 3 is 2.62 bits per heavy atom. The highest BCUT2D eigenvalue weighted by Gasteiger charge is 2.38. The SMILES string of the molecule is CC(C)(C)C1CN(Cc2ccc(Cl)cc2F)C(C)(C)CN1. The van der Waals surface area contributed by atoms with Crippen molar-refractivity contribution in [1.29, 1.82) is 0 Å². The second-order valence-electron chi connectivity index (χ2n) is 7.73. The summed E-state index contributed by atoms with van der Waals surface area (Å²) in [6, 6.07) is 5.35. The van der Waals surface area contributed by atoms with Gasteiger partial charge in [0.2, 0.25) is 0 Å². The molecule has 0 aliphatic carbocycles. The number of benzene rings is 1. The summed E-state index contributed by atoms with van der Waals surface area (Å²) in [6.07, 6.45) is 0. The van der Waals surface area contributed by atoms with E-state index in [2.05, 4.69) is 44.8 Å². The molecule has 4 heteroatoms. The molecule has 1 heterocycles. The first-order chi connectivity index (χ1) is 9.59. The first-order valence-corrected chi connectivity index (χ1v) is 7.90. The number of nitrogens with zero attached hydrogens (tertiary/aromatic N) is 1. The summed E-state index contributed by atoms with van der Waals surface area (Å²) in [5.41, 5.74) is 0.906. The van der Waals surface area contributed by atoms with E-state index in [-0.39, 0.29) is 16.8 Å². The molecule has 0 aromatic heterocycles. The number of rotatable bonds is 2. The molecule has 1 aliphatic heterocycles. The number of piperazine rings is 1. The molecule has 2 rings (SSSR count). The average molecular weight is 313 g/mol. The molecule has 0 spiro atoms. The van der Waals surface area contributed by atoms with Gasteiger partial charge in [0.15, 0.2) is 0 Å². The molecule has 0 amide bonds. The van der Waals surface area contributed by atoms with Crippen LogP contribution in [0.25, 0.3) is 0 Å². The van der Waals surface area contributed by atoms with Crippen molar-refractivity contribution in [2.75, 3.05) is 13.1 Å². The number of hydrogen-bond acceptors (Lipinski definition) is 2. The zero-order chi connectivity index (χ0) is 15.8. The zero-order valence-corrected chi connectivity index (χ0v) is 14.4. The van der Waals surface area contributed by atoms with E-state index in [0.29, 0.717) is 23.2 Å². The predicted octanol–water partition coefficient (Wildman–Crippen LogP) is 4.08. The van der Waals surface area contributed by atoms with Gasteiger partial charge in [-0.15, -0.1) is 0 Å². The second-order valence-corrected chi connectivity index (χ2v) is 8.16. The topological polar surface area (TPSA) is 15.3 Å². The largest absolute Gasteiger partial charge is 0.310 e. The maximum atomic E-state index is 14.1. The third-order valence-corrected chi connectivity index (χ3v) is 4.70. The number of halogens is 2. The molecule has 1 fully saturated rings. The van der Waals surface area contributed by atoms with E-state index >= 15 is 0 Å². The van der Waals surface area contributed by atoms with E-state index in [4.69, 9.17) is 11.6 Å². The van der Waals surface area contributed by atoms with Gasteiger partial charge in [0.05, 0.1) is 0 Å². The average Bonchev–Trinajstić information content (AvgIpc) is 2.33. The molecule has 1 aliphatic rings. The lowest BCUT2D eigenvalue weighted by Crippen LogP contribution is -2.64. The van der Waals surface area contributed by atoms with Crippen LogP contribution in [0.5, 0.6) is 0 Å². The van der Waals surface area contributed by atoms with E-state index in [0.717, 1.165) is 13.1 Å². The summed E-state index contributed by atoms with van der Waals surface area (Å²) in [5, 5.41) is 4.08. The van der Waals surface area contributed by atoms with Crippen LogP contribution in [0.1, 0.15) is 40.2 Å². The van der Waals surface area contributed by atoms with Crippen molar-refractivity contribution in [3.8, 4) is 0 Å². The van der Waals surface area contributed by atoms with Crippen LogP contribution in [0.2, 0.25) is 5.02 Å². The Balaban J connectivity index is 2.18. The fourth-order valence-corrected chi connectivity index (χ4v) is 2.89. The normalized spacial score (nSPS) is 23.3. The lowest BCUT2D eigenvalue weighted by molar-refractivity contribution is 0.0288. The van der Waals surface area contributed by atoms with Crippen LogP contribution in [0.4, 0.5) is 4.39 Å². The molecule has 1 N–H and O–H groups in total. The smallest absolute Gasteiger partial charge is 0.129 e. The van der Waals surface area contributed by atoms with Gasteiger partial charge in [-0.3, -0.25) is 4.90 Å². The van der Waals surface area contributed by atoms with Gasteiger partial charge >= 0.3 is 0 Å². The summed E-state index contributed by atoms with van der Waals surface area (Å²) in [4.78, 5) is 2.37. The standard InChI is InChI=1S/C17H26ClFN2/c1-16(2,3)15-10-21(17(4,5)11-20-15)9-12-6-7-13(18)8-14(12)19/h6-8,15,20H,9-11H2,1-5H3. The first-order valence-electron chi connectivity index (χ1n) is 7.52. The molecule has 2 nitrogen and oxygen atoms in total. The van der Waals surface area contributed by atoms with E-state index in [1.54, 1.807) is 12.1 Å². The summed E-state index contributed by atoms with van der Waals surface area (Å²) in [6.45, 7) is 13.6. The van der Waals surface area contributed by atoms with Crippen LogP contribution in [0.3, 0.4) is 0 Å². The molecular weight excluding hydrogens is 287 g/mol. The maximum Gasteiger partial charge on any atom is 0.129 e. The Hall–Kier alpha value is -0.640. The lowest BCUT2D eigenvalue weighted by atomic mass is 9.82. The molecule has 1 aromatic rings. The van der Waals surface area contributed by atoms with Crippen molar-refractivity contribution in [3.05, 3.63) is 34.6 Å². The highest BCUT2D eigenvalue weighted by atomic mass is 35.5. The molecule has 0 saturated carbocycles. The quantitative estimate of drug-likeness (QED) is 0.885. The fraction of sp³-hybridized carbons (Fsp3) is 0.647. The Kier molecular flexibility index (Phi) is 4.67. The maximum absolute atomic E-state index is 14.1. The molecule has 0 radical (unpaired) electrons. The van der Waals surface area contributed by atoms with Crippen LogP contribution in [0.15, 0.2) is 18.2 Å². The summed E-state index contributed by atoms with van der Waals surface area (Å²) >= 11 is 5.84. The van der Waals surface area contributed by atoms with Gasteiger partial charge in [-0.25, -0.2) is 4.39 Å². The Bertz CT molecular complexity index is 508. The highest BCUT2D eigenvalue weighted by molar-refractivity contribution is 6.30. The van der Waals surface area contributed by atoms with E-state index in [1.165, 1.54) is 6.07 Å². The molecule has 1 aromatic carbocycles. The van der Waals surface area contributed by atoms with Crippen LogP contribution in [-0.2, 0) is 6.54 Å². The number of nitrogens with one attached hydrogen (secondary N) is 1. The van der Waals surface area contributed by atoms with E-state index in [1.807, 2.05) is 0 Å². The molecule has 118 valence electrons. The van der Waals surface area contributed by atoms with Crippen molar-refractivity contribution in [3.63, 3.8) is 0 Å². The Labute approximate surface area is 132 Å². The zero-order valence-electron chi connectivity index (χ0n) is 13.6. The van der Waals surface area contributed by atoms with Crippen molar-refractivity contribution in [2.45, 2.75) is 52.7 Å². The summed E-state index contributed by atoms with van der Waals surface area (Å²) in [7, 11) is 0. The minimum atomic E-state index is -0.218. The molecular formula is C17H26ClFN2. The van der Waals surface area contributed by atoms with Crippen LogP contribution in [0, 0.1) is 11.2 Å². The fourth-order valence-electron chi connectivity index (χ4n) is 2.73. The van der Waals surface area contributed by atoms with Crippen molar-refractivity contribution in [1.82, 2.24) is 10.2 Å². The Morgan fingerprint density at radius 2 is 2.05 bits per heavy atom. The van der Waals surface area contributed by atoms with E-state index < -0.39 is 0 Å². The summed E-state index contributed by atoms with van der Waals surface area (Å²) < 4.78 is 14.1. The molecule has 0 bridgehead atoms. The second kappa shape index (κ2) is 5.86. The van der Waals surface area contributed by atoms with Gasteiger partial charge in [-0.2, -0.15) is 0 Å². The van der Waals surface area contributed by atoms with Gasteiger partial charge in [-0.1, -0.05) is 38.4 Å². The van der Waals surface area contributed by atoms with Gasteiger partial charge in [0.1, 0.15) is 5.82 Å². The van der Waals surface area contributed by atoms with Gasteiger partial charge < -0.3 is 5.32 Å². The van der Waals surface area contributed by atoms with Crippen LogP contribution < -0.4 is 5.32 Å². The highest BCUT2D eigenvalue weighted by Crippen LogP contribution is 2.29. The predicted molar refractivity (Wildman–Crippen MR) is 87.1 cm³/mol. The third kappa shape index (κ3) is 3.97. The van der Waals surface area contributed by atoms with Crippen molar-refractivity contribution in [2.24, 2.45) is 5.41 Å². The van der Waals surface area contributed by atoms with Crippen molar-refractivity contribution >= 4 is 11.6 Å². The van der Waals surface area contributed by atoms with Crippen LogP contribution >= 0.6 is 11.6 Å². The van der Waals surface area contributed by atoms with Gasteiger partial charge in [-0.05, 0) is 31.4 Å².